The summed E-state index contributed by atoms with van der Waals surface area (Å²) in [5, 5.41) is 13.8. The molecular formula is C25H33F3N6O4. The van der Waals surface area contributed by atoms with Crippen molar-refractivity contribution >= 4 is 23.6 Å². The molecule has 4 amide bonds. The highest BCUT2D eigenvalue weighted by Crippen LogP contribution is 2.60. The lowest BCUT2D eigenvalue weighted by Gasteiger charge is -2.46. The van der Waals surface area contributed by atoms with Crippen molar-refractivity contribution in [3.8, 4) is 6.07 Å². The molecule has 4 rings (SSSR count). The van der Waals surface area contributed by atoms with Crippen LogP contribution in [0.5, 0.6) is 0 Å². The van der Waals surface area contributed by atoms with E-state index in [1.165, 1.54) is 20.8 Å². The number of halogens is 3. The Morgan fingerprint density at radius 3 is 2.37 bits per heavy atom. The number of hydrogen-bond donors (Lipinski definition) is 3. The second-order valence-electron chi connectivity index (χ2n) is 12.0. The van der Waals surface area contributed by atoms with Crippen molar-refractivity contribution in [2.24, 2.45) is 46.7 Å². The number of rotatable bonds is 6. The van der Waals surface area contributed by atoms with Gasteiger partial charge in [0.05, 0.1) is 17.9 Å². The number of amides is 4. The maximum absolute atomic E-state index is 14.1. The zero-order chi connectivity index (χ0) is 28.4. The molecule has 0 aromatic heterocycles. The molecule has 4 aliphatic rings. The lowest BCUT2D eigenvalue weighted by atomic mass is 9.65. The quantitative estimate of drug-likeness (QED) is 0.424. The molecule has 0 aromatic rings. The minimum atomic E-state index is -5.23. The normalized spacial score (nSPS) is 34.0. The number of primary amides is 1. The van der Waals surface area contributed by atoms with E-state index in [1.807, 2.05) is 17.5 Å². The van der Waals surface area contributed by atoms with Crippen LogP contribution in [0.3, 0.4) is 0 Å². The van der Waals surface area contributed by atoms with Crippen molar-refractivity contribution in [2.45, 2.75) is 51.4 Å². The van der Waals surface area contributed by atoms with Gasteiger partial charge >= 0.3 is 12.1 Å². The Morgan fingerprint density at radius 1 is 1.24 bits per heavy atom. The minimum absolute atomic E-state index is 0.00135. The molecule has 13 heteroatoms. The molecule has 3 fully saturated rings. The third-order valence-electron chi connectivity index (χ3n) is 8.65. The molecule has 10 nitrogen and oxygen atoms in total. The van der Waals surface area contributed by atoms with Gasteiger partial charge in [-0.25, -0.2) is 5.01 Å². The van der Waals surface area contributed by atoms with E-state index < -0.39 is 58.6 Å². The largest absolute Gasteiger partial charge is 0.471 e. The van der Waals surface area contributed by atoms with Gasteiger partial charge in [0.1, 0.15) is 11.6 Å². The number of nitriles is 1. The third kappa shape index (κ3) is 4.32. The summed E-state index contributed by atoms with van der Waals surface area (Å²) < 4.78 is 39.6. The van der Waals surface area contributed by atoms with E-state index in [0.717, 1.165) is 4.90 Å². The molecule has 2 bridgehead atoms. The molecule has 2 saturated heterocycles. The van der Waals surface area contributed by atoms with Crippen LogP contribution < -0.4 is 16.5 Å². The van der Waals surface area contributed by atoms with E-state index in [-0.39, 0.29) is 43.2 Å². The average molecular weight is 539 g/mol. The van der Waals surface area contributed by atoms with Crippen molar-refractivity contribution < 1.29 is 32.3 Å². The fourth-order valence-corrected chi connectivity index (χ4v) is 7.08. The highest BCUT2D eigenvalue weighted by Gasteiger charge is 2.70. The summed E-state index contributed by atoms with van der Waals surface area (Å²) in [6.07, 6.45) is -0.649. The monoisotopic (exact) mass is 538 g/mol. The summed E-state index contributed by atoms with van der Waals surface area (Å²) in [7, 11) is 1.66. The van der Waals surface area contributed by atoms with E-state index in [9.17, 15) is 37.6 Å². The molecule has 4 N–H and O–H groups in total. The predicted octanol–water partition coefficient (Wildman–Crippen LogP) is 0.707. The summed E-state index contributed by atoms with van der Waals surface area (Å²) >= 11 is 0. The first-order valence-corrected chi connectivity index (χ1v) is 12.6. The van der Waals surface area contributed by atoms with Crippen molar-refractivity contribution in [2.75, 3.05) is 20.1 Å². The van der Waals surface area contributed by atoms with Crippen LogP contribution in [0.1, 0.15) is 33.6 Å². The number of carbonyl (C=O) groups is 4. The highest BCUT2D eigenvalue weighted by atomic mass is 19.4. The molecule has 208 valence electrons. The molecule has 2 aliphatic carbocycles. The smallest absolute Gasteiger partial charge is 0.368 e. The number of fused-ring (bicyclic) bond motifs is 5. The zero-order valence-electron chi connectivity index (χ0n) is 21.7. The SMILES string of the molecule is CN1CC(C[C@H](C#N)C2(C(N)=O)C3C4C=CC(C4)C3CN2C(=O)[C@@H](NC(=O)C(F)(F)F)C(C)(C)C)C(=O)N1. The van der Waals surface area contributed by atoms with Crippen LogP contribution in [0.4, 0.5) is 13.2 Å². The Kier molecular flexibility index (Phi) is 6.79. The number of allylic oxidation sites excluding steroid dienone is 2. The number of likely N-dealkylation sites (tertiary alicyclic amines) is 1. The van der Waals surface area contributed by atoms with Gasteiger partial charge in [-0.05, 0) is 36.0 Å². The summed E-state index contributed by atoms with van der Waals surface area (Å²) in [5.41, 5.74) is 5.65. The Bertz CT molecular complexity index is 1110. The highest BCUT2D eigenvalue weighted by molar-refractivity contribution is 5.96. The molecule has 1 saturated carbocycles. The number of nitrogens with zero attached hydrogens (tertiary/aromatic N) is 3. The van der Waals surface area contributed by atoms with Gasteiger partial charge in [-0.2, -0.15) is 18.4 Å². The fourth-order valence-electron chi connectivity index (χ4n) is 7.08. The van der Waals surface area contributed by atoms with E-state index in [0.29, 0.717) is 6.42 Å². The Hall–Kier alpha value is -3.14. The van der Waals surface area contributed by atoms with Crippen molar-refractivity contribution in [3.63, 3.8) is 0 Å². The van der Waals surface area contributed by atoms with Crippen LogP contribution in [0.15, 0.2) is 12.2 Å². The first-order chi connectivity index (χ1) is 17.5. The Balaban J connectivity index is 1.80. The predicted molar refractivity (Wildman–Crippen MR) is 127 cm³/mol. The van der Waals surface area contributed by atoms with Crippen molar-refractivity contribution in [1.82, 2.24) is 20.7 Å². The maximum atomic E-state index is 14.1. The second-order valence-corrected chi connectivity index (χ2v) is 12.0. The second kappa shape index (κ2) is 9.25. The summed E-state index contributed by atoms with van der Waals surface area (Å²) in [4.78, 5) is 53.2. The van der Waals surface area contributed by atoms with Gasteiger partial charge in [-0.3, -0.25) is 24.6 Å². The Morgan fingerprint density at radius 2 is 1.87 bits per heavy atom. The van der Waals surface area contributed by atoms with E-state index >= 15 is 0 Å². The van der Waals surface area contributed by atoms with E-state index in [4.69, 9.17) is 5.73 Å². The molecule has 0 radical (unpaired) electrons. The minimum Gasteiger partial charge on any atom is -0.368 e. The van der Waals surface area contributed by atoms with Gasteiger partial charge in [-0.15, -0.1) is 0 Å². The number of hydrazine groups is 1. The standard InChI is InChI=1S/C25H33F3N6O4/c1-23(2,3)18(31-22(38)25(26,27)28)20(36)34-11-16-12-5-6-13(7-12)17(16)24(34,21(30)37)15(9-29)8-14-10-33(4)32-19(14)35/h5-6,12-18H,7-8,10-11H2,1-4H3,(H2,30,37)(H,31,38)(H,32,35)/t12?,13?,14?,15-,16?,17?,18-,24?/m1/s1. The average Bonchev–Trinajstić information content (AvgIpc) is 3.54. The third-order valence-corrected chi connectivity index (χ3v) is 8.65. The van der Waals surface area contributed by atoms with Crippen LogP contribution in [0.2, 0.25) is 0 Å². The van der Waals surface area contributed by atoms with Crippen LogP contribution in [-0.2, 0) is 19.2 Å². The van der Waals surface area contributed by atoms with Crippen LogP contribution in [0, 0.1) is 52.3 Å². The van der Waals surface area contributed by atoms with Gasteiger partial charge in [0, 0.05) is 26.1 Å². The molecule has 0 spiro atoms. The number of nitrogens with one attached hydrogen (secondary N) is 2. The van der Waals surface area contributed by atoms with Gasteiger partial charge in [0.2, 0.25) is 17.7 Å². The molecule has 6 unspecified atom stereocenters. The maximum Gasteiger partial charge on any atom is 0.471 e. The van der Waals surface area contributed by atoms with Crippen LogP contribution in [0.25, 0.3) is 0 Å². The van der Waals surface area contributed by atoms with E-state index in [2.05, 4.69) is 11.5 Å². The Labute approximate surface area is 218 Å². The molecule has 2 aliphatic heterocycles. The van der Waals surface area contributed by atoms with Crippen LogP contribution in [-0.4, -0.2) is 71.4 Å². The van der Waals surface area contributed by atoms with Gasteiger partial charge in [0.15, 0.2) is 0 Å². The number of hydrogen-bond acceptors (Lipinski definition) is 6. The number of carbonyl (C=O) groups excluding carboxylic acids is 4. The lowest BCUT2D eigenvalue weighted by Crippen LogP contribution is -2.68. The molecule has 0 aromatic carbocycles. The molecule has 2 heterocycles. The lowest BCUT2D eigenvalue weighted by molar-refractivity contribution is -0.176. The van der Waals surface area contributed by atoms with Crippen molar-refractivity contribution in [1.29, 1.82) is 5.26 Å². The first-order valence-electron chi connectivity index (χ1n) is 12.6. The summed E-state index contributed by atoms with van der Waals surface area (Å²) in [6.45, 7) is 4.77. The first kappa shape index (κ1) is 27.9. The van der Waals surface area contributed by atoms with Gasteiger partial charge in [-0.1, -0.05) is 32.9 Å². The summed E-state index contributed by atoms with van der Waals surface area (Å²) in [6, 6.07) is 0.491. The van der Waals surface area contributed by atoms with E-state index in [1.54, 1.807) is 12.1 Å². The summed E-state index contributed by atoms with van der Waals surface area (Å²) in [5.74, 6) is -7.24. The zero-order valence-corrected chi connectivity index (χ0v) is 21.7. The molecule has 8 atom stereocenters. The molecule has 38 heavy (non-hydrogen) atoms. The number of nitrogens with two attached hydrogens (primary N) is 1. The topological polar surface area (TPSA) is 149 Å². The van der Waals surface area contributed by atoms with Crippen LogP contribution >= 0.6 is 0 Å². The van der Waals surface area contributed by atoms with Gasteiger partial charge in [0.25, 0.3) is 0 Å². The molecular weight excluding hydrogens is 505 g/mol. The van der Waals surface area contributed by atoms with Crippen molar-refractivity contribution in [3.05, 3.63) is 12.2 Å². The number of alkyl halides is 3. The fraction of sp³-hybridized carbons (Fsp3) is 0.720. The van der Waals surface area contributed by atoms with Gasteiger partial charge < -0.3 is 16.0 Å².